The minimum absolute atomic E-state index is 0.00137. The summed E-state index contributed by atoms with van der Waals surface area (Å²) in [7, 11) is -3.04. The molecule has 0 amide bonds. The predicted molar refractivity (Wildman–Crippen MR) is 66.4 cm³/mol. The van der Waals surface area contributed by atoms with Crippen LogP contribution in [0.15, 0.2) is 18.2 Å². The highest BCUT2D eigenvalue weighted by atomic mass is 32.2. The van der Waals surface area contributed by atoms with Crippen LogP contribution in [0.3, 0.4) is 0 Å². The molecule has 1 aliphatic rings. The first-order chi connectivity index (χ1) is 8.35. The number of nitrogens with zero attached hydrogens (tertiary/aromatic N) is 1. The molecule has 0 aliphatic carbocycles. The summed E-state index contributed by atoms with van der Waals surface area (Å²) in [5.74, 6) is -0.485. The highest BCUT2D eigenvalue weighted by Gasteiger charge is 2.38. The van der Waals surface area contributed by atoms with Crippen molar-refractivity contribution in [3.05, 3.63) is 29.6 Å². The lowest BCUT2D eigenvalue weighted by molar-refractivity contribution is 0.572. The Hall–Kier alpha value is -1.61. The summed E-state index contributed by atoms with van der Waals surface area (Å²) < 4.78 is 36.4. The molecule has 4 nitrogen and oxygen atoms in total. The van der Waals surface area contributed by atoms with Crippen LogP contribution in [0.25, 0.3) is 0 Å². The van der Waals surface area contributed by atoms with Crippen LogP contribution in [0.1, 0.15) is 18.9 Å². The number of rotatable bonds is 2. The second-order valence-corrected chi connectivity index (χ2v) is 6.99. The molecule has 1 saturated heterocycles. The molecule has 2 rings (SSSR count). The van der Waals surface area contributed by atoms with E-state index in [4.69, 9.17) is 5.26 Å². The Labute approximate surface area is 105 Å². The Morgan fingerprint density at radius 1 is 1.50 bits per heavy atom. The summed E-state index contributed by atoms with van der Waals surface area (Å²) in [4.78, 5) is 0. The second kappa shape index (κ2) is 4.25. The Bertz CT molecular complexity index is 621. The van der Waals surface area contributed by atoms with E-state index < -0.39 is 21.2 Å². The fraction of sp³-hybridized carbons (Fsp3) is 0.417. The molecule has 0 radical (unpaired) electrons. The Kier molecular flexibility index (Phi) is 3.03. The minimum Gasteiger partial charge on any atom is -0.378 e. The van der Waals surface area contributed by atoms with Gasteiger partial charge in [0, 0.05) is 5.54 Å². The number of sulfone groups is 1. The maximum atomic E-state index is 13.4. The standard InChI is InChI=1S/C12H13FN2O2S/c1-12(5-6-18(16,17)8-12)15-11-4-2-3-10(13)9(11)7-14/h2-4,15H,5-6,8H2,1H3. The summed E-state index contributed by atoms with van der Waals surface area (Å²) in [6.45, 7) is 1.77. The van der Waals surface area contributed by atoms with Gasteiger partial charge in [-0.1, -0.05) is 6.07 Å². The first kappa shape index (κ1) is 12.8. The molecule has 1 atom stereocenters. The van der Waals surface area contributed by atoms with Crippen LogP contribution in [0, 0.1) is 17.1 Å². The van der Waals surface area contributed by atoms with Crippen molar-refractivity contribution >= 4 is 15.5 Å². The van der Waals surface area contributed by atoms with Gasteiger partial charge in [0.25, 0.3) is 0 Å². The summed E-state index contributed by atoms with van der Waals surface area (Å²) in [5, 5.41) is 11.9. The zero-order valence-electron chi connectivity index (χ0n) is 9.90. The van der Waals surface area contributed by atoms with Gasteiger partial charge in [-0.2, -0.15) is 5.26 Å². The third kappa shape index (κ3) is 2.46. The molecule has 1 aliphatic heterocycles. The second-order valence-electron chi connectivity index (χ2n) is 4.80. The molecule has 1 aromatic rings. The smallest absolute Gasteiger partial charge is 0.152 e. The van der Waals surface area contributed by atoms with Gasteiger partial charge in [0.05, 0.1) is 17.2 Å². The fourth-order valence-corrected chi connectivity index (χ4v) is 4.27. The Morgan fingerprint density at radius 3 is 2.78 bits per heavy atom. The molecule has 1 heterocycles. The average Bonchev–Trinajstić information content (AvgIpc) is 2.53. The van der Waals surface area contributed by atoms with E-state index in [9.17, 15) is 12.8 Å². The van der Waals surface area contributed by atoms with Gasteiger partial charge >= 0.3 is 0 Å². The summed E-state index contributed by atoms with van der Waals surface area (Å²) in [6, 6.07) is 6.07. The zero-order chi connectivity index (χ0) is 13.4. The van der Waals surface area contributed by atoms with E-state index in [1.54, 1.807) is 19.1 Å². The number of hydrogen-bond acceptors (Lipinski definition) is 4. The van der Waals surface area contributed by atoms with Crippen LogP contribution in [0.5, 0.6) is 0 Å². The van der Waals surface area contributed by atoms with Crippen molar-refractivity contribution < 1.29 is 12.8 Å². The molecule has 1 aromatic carbocycles. The Morgan fingerprint density at radius 2 is 2.22 bits per heavy atom. The SMILES string of the molecule is CC1(Nc2cccc(F)c2C#N)CCS(=O)(=O)C1. The molecule has 18 heavy (non-hydrogen) atoms. The molecule has 1 fully saturated rings. The van der Waals surface area contributed by atoms with Crippen molar-refractivity contribution in [2.24, 2.45) is 0 Å². The van der Waals surface area contributed by atoms with Gasteiger partial charge in [-0.05, 0) is 25.5 Å². The van der Waals surface area contributed by atoms with Gasteiger partial charge in [-0.3, -0.25) is 0 Å². The summed E-state index contributed by atoms with van der Waals surface area (Å²) in [6.07, 6.45) is 0.455. The van der Waals surface area contributed by atoms with Gasteiger partial charge in [0.1, 0.15) is 17.4 Å². The van der Waals surface area contributed by atoms with Crippen molar-refractivity contribution in [2.45, 2.75) is 18.9 Å². The number of halogens is 1. The highest BCUT2D eigenvalue weighted by Crippen LogP contribution is 2.29. The largest absolute Gasteiger partial charge is 0.378 e. The molecule has 1 unspecified atom stereocenters. The van der Waals surface area contributed by atoms with Gasteiger partial charge in [0.2, 0.25) is 0 Å². The normalized spacial score (nSPS) is 25.6. The van der Waals surface area contributed by atoms with Crippen LogP contribution in [0.4, 0.5) is 10.1 Å². The third-order valence-corrected chi connectivity index (χ3v) is 4.97. The van der Waals surface area contributed by atoms with Crippen LogP contribution in [0.2, 0.25) is 0 Å². The highest BCUT2D eigenvalue weighted by molar-refractivity contribution is 7.91. The van der Waals surface area contributed by atoms with Crippen LogP contribution in [-0.4, -0.2) is 25.5 Å². The molecule has 1 N–H and O–H groups in total. The minimum atomic E-state index is -3.04. The van der Waals surface area contributed by atoms with Crippen molar-refractivity contribution in [3.63, 3.8) is 0 Å². The van der Waals surface area contributed by atoms with Crippen LogP contribution < -0.4 is 5.32 Å². The van der Waals surface area contributed by atoms with E-state index >= 15 is 0 Å². The van der Waals surface area contributed by atoms with E-state index in [1.165, 1.54) is 12.1 Å². The van der Waals surface area contributed by atoms with E-state index in [0.29, 0.717) is 12.1 Å². The number of benzene rings is 1. The number of nitriles is 1. The molecule has 0 saturated carbocycles. The van der Waals surface area contributed by atoms with E-state index in [1.807, 2.05) is 0 Å². The van der Waals surface area contributed by atoms with Crippen molar-refractivity contribution in [1.82, 2.24) is 0 Å². The molecule has 96 valence electrons. The Balaban J connectivity index is 2.31. The predicted octanol–water partition coefficient (Wildman–Crippen LogP) is 1.69. The van der Waals surface area contributed by atoms with Gasteiger partial charge in [-0.15, -0.1) is 0 Å². The maximum Gasteiger partial charge on any atom is 0.152 e. The van der Waals surface area contributed by atoms with Gasteiger partial charge in [0.15, 0.2) is 9.84 Å². The lowest BCUT2D eigenvalue weighted by atomic mass is 10.0. The van der Waals surface area contributed by atoms with Gasteiger partial charge in [-0.25, -0.2) is 12.8 Å². The van der Waals surface area contributed by atoms with Crippen molar-refractivity contribution in [2.75, 3.05) is 16.8 Å². The molecule has 0 spiro atoms. The third-order valence-electron chi connectivity index (χ3n) is 3.07. The van der Waals surface area contributed by atoms with Gasteiger partial charge < -0.3 is 5.32 Å². The number of hydrogen-bond donors (Lipinski definition) is 1. The van der Waals surface area contributed by atoms with E-state index in [2.05, 4.69) is 5.32 Å². The first-order valence-electron chi connectivity index (χ1n) is 5.52. The molecular weight excluding hydrogens is 255 g/mol. The topological polar surface area (TPSA) is 70.0 Å². The molecular formula is C12H13FN2O2S. The monoisotopic (exact) mass is 268 g/mol. The number of anilines is 1. The van der Waals surface area contributed by atoms with Crippen molar-refractivity contribution in [3.8, 4) is 6.07 Å². The van der Waals surface area contributed by atoms with Crippen LogP contribution in [-0.2, 0) is 9.84 Å². The molecule has 0 aromatic heterocycles. The van der Waals surface area contributed by atoms with Crippen LogP contribution >= 0.6 is 0 Å². The molecule has 0 bridgehead atoms. The quantitative estimate of drug-likeness (QED) is 0.886. The summed E-state index contributed by atoms with van der Waals surface area (Å²) in [5.41, 5.74) is -0.377. The fourth-order valence-electron chi connectivity index (χ4n) is 2.18. The lowest BCUT2D eigenvalue weighted by Gasteiger charge is -2.25. The van der Waals surface area contributed by atoms with E-state index in [-0.39, 0.29) is 17.1 Å². The first-order valence-corrected chi connectivity index (χ1v) is 7.35. The average molecular weight is 268 g/mol. The van der Waals surface area contributed by atoms with E-state index in [0.717, 1.165) is 0 Å². The number of nitrogens with one attached hydrogen (secondary N) is 1. The summed E-state index contributed by atoms with van der Waals surface area (Å²) >= 11 is 0. The maximum absolute atomic E-state index is 13.4. The van der Waals surface area contributed by atoms with Crippen molar-refractivity contribution in [1.29, 1.82) is 5.26 Å². The molecule has 6 heteroatoms. The lowest BCUT2D eigenvalue weighted by Crippen LogP contribution is -2.36. The zero-order valence-corrected chi connectivity index (χ0v) is 10.7.